The fraction of sp³-hybridized carbons (Fsp3) is 0.773. The van der Waals surface area contributed by atoms with Gasteiger partial charge in [-0.2, -0.15) is 0 Å². The van der Waals surface area contributed by atoms with Gasteiger partial charge in [0.25, 0.3) is 0 Å². The van der Waals surface area contributed by atoms with E-state index in [1.807, 2.05) is 6.08 Å². The van der Waals surface area contributed by atoms with Gasteiger partial charge in [-0.05, 0) is 83.5 Å². The topological polar surface area (TPSA) is 307 Å². The fourth-order valence-corrected chi connectivity index (χ4v) is 10.4. The first kappa shape index (κ1) is 76.2. The second-order valence-electron chi connectivity index (χ2n) is 22.8. The van der Waals surface area contributed by atoms with E-state index in [2.05, 4.69) is 92.1 Å². The molecule has 19 heteroatoms. The molecule has 0 aliphatic carbocycles. The number of carbonyl (C=O) groups excluding carboxylic acids is 1. The molecule has 85 heavy (non-hydrogen) atoms. The van der Waals surface area contributed by atoms with Crippen LogP contribution in [0, 0.1) is 0 Å². The quantitative estimate of drug-likeness (QED) is 0.0213. The standard InChI is InChI=1S/C66H113NO18/c1-3-5-7-9-11-13-15-17-19-20-21-22-23-24-25-26-27-28-30-31-33-35-37-39-41-43-50(71)49(67-54(72)44-42-40-38-36-34-32-29-18-16-14-12-10-8-6-4-2)48-80-64-60(78)57(75)62(52(46-69)82-64)85-66-61(79)58(76)63(53(47-70)83-66)84-65-59(77)56(74)55(73)51(45-68)81-65/h6,8,12,14,18,27-29,33-36,41,43,49-53,55-66,68-71,73-79H,3-5,7,9-11,13,15-17,19-26,30-32,37-40,42,44-48H2,1-2H3,(H,67,72)/b8-6-,14-12-,28-27+,29-18-,35-33+,36-34-,43-41+. The maximum atomic E-state index is 13.3. The van der Waals surface area contributed by atoms with Crippen LogP contribution >= 0.6 is 0 Å². The molecule has 0 spiro atoms. The molecule has 0 radical (unpaired) electrons. The van der Waals surface area contributed by atoms with Crippen LogP contribution in [0.4, 0.5) is 0 Å². The van der Waals surface area contributed by atoms with Crippen LogP contribution < -0.4 is 5.32 Å². The molecule has 12 N–H and O–H groups in total. The van der Waals surface area contributed by atoms with Crippen LogP contribution in [-0.4, -0.2) is 193 Å². The van der Waals surface area contributed by atoms with Gasteiger partial charge in [-0.25, -0.2) is 0 Å². The number of carbonyl (C=O) groups is 1. The molecule has 1 amide bonds. The van der Waals surface area contributed by atoms with Gasteiger partial charge in [-0.1, -0.05) is 189 Å². The summed E-state index contributed by atoms with van der Waals surface area (Å²) in [5, 5.41) is 120. The Morgan fingerprint density at radius 3 is 1.32 bits per heavy atom. The molecule has 3 aliphatic rings. The Kier molecular flexibility index (Phi) is 43.0. The van der Waals surface area contributed by atoms with Crippen molar-refractivity contribution in [3.63, 3.8) is 0 Å². The van der Waals surface area contributed by atoms with Crippen molar-refractivity contribution >= 4 is 5.91 Å². The molecule has 17 unspecified atom stereocenters. The Hall–Kier alpha value is -3.03. The number of unbranched alkanes of at least 4 members (excludes halogenated alkanes) is 19. The van der Waals surface area contributed by atoms with Gasteiger partial charge in [-0.15, -0.1) is 0 Å². The van der Waals surface area contributed by atoms with Gasteiger partial charge in [-0.3, -0.25) is 4.79 Å². The molecule has 3 rings (SSSR count). The van der Waals surface area contributed by atoms with Gasteiger partial charge in [0.2, 0.25) is 5.91 Å². The zero-order valence-electron chi connectivity index (χ0n) is 51.3. The van der Waals surface area contributed by atoms with Gasteiger partial charge in [0.05, 0.1) is 38.6 Å². The predicted octanol–water partition coefficient (Wildman–Crippen LogP) is 7.15. The molecule has 0 saturated carbocycles. The van der Waals surface area contributed by atoms with E-state index in [9.17, 15) is 61.0 Å². The van der Waals surface area contributed by atoms with Gasteiger partial charge in [0.15, 0.2) is 18.9 Å². The van der Waals surface area contributed by atoms with E-state index < -0.39 is 131 Å². The summed E-state index contributed by atoms with van der Waals surface area (Å²) < 4.78 is 34.2. The lowest BCUT2D eigenvalue weighted by molar-refractivity contribution is -0.379. The van der Waals surface area contributed by atoms with Crippen LogP contribution in [0.15, 0.2) is 85.1 Å². The summed E-state index contributed by atoms with van der Waals surface area (Å²) in [5.74, 6) is -0.333. The van der Waals surface area contributed by atoms with E-state index in [4.69, 9.17) is 28.4 Å². The highest BCUT2D eigenvalue weighted by Gasteiger charge is 2.53. The Balaban J connectivity index is 1.49. The summed E-state index contributed by atoms with van der Waals surface area (Å²) in [5.41, 5.74) is 0. The van der Waals surface area contributed by atoms with Gasteiger partial charge >= 0.3 is 0 Å². The van der Waals surface area contributed by atoms with Crippen molar-refractivity contribution < 1.29 is 89.4 Å². The van der Waals surface area contributed by atoms with Gasteiger partial charge in [0.1, 0.15) is 73.2 Å². The molecule has 3 fully saturated rings. The molecule has 490 valence electrons. The van der Waals surface area contributed by atoms with E-state index in [0.29, 0.717) is 12.8 Å². The second-order valence-corrected chi connectivity index (χ2v) is 22.8. The average molecular weight is 1210 g/mol. The smallest absolute Gasteiger partial charge is 0.220 e. The maximum Gasteiger partial charge on any atom is 0.220 e. The highest BCUT2D eigenvalue weighted by molar-refractivity contribution is 5.76. The largest absolute Gasteiger partial charge is 0.394 e. The predicted molar refractivity (Wildman–Crippen MR) is 328 cm³/mol. The highest BCUT2D eigenvalue weighted by atomic mass is 16.8. The lowest BCUT2D eigenvalue weighted by Gasteiger charge is -2.48. The first-order valence-corrected chi connectivity index (χ1v) is 32.3. The van der Waals surface area contributed by atoms with Crippen molar-refractivity contribution in [3.8, 4) is 0 Å². The summed E-state index contributed by atoms with van der Waals surface area (Å²) in [6.07, 6.45) is 32.9. The van der Waals surface area contributed by atoms with Crippen molar-refractivity contribution in [2.24, 2.45) is 0 Å². The number of nitrogens with one attached hydrogen (secondary N) is 1. The normalized spacial score (nSPS) is 29.5. The number of hydrogen-bond donors (Lipinski definition) is 12. The molecule has 3 aliphatic heterocycles. The number of ether oxygens (including phenoxy) is 6. The SMILES string of the molecule is CC/C=C\C/C=C\C/C=C\C/C=C\CCCCC(=O)NC(COC1OC(CO)C(OC2OC(CO)C(OC3OC(CO)C(O)C(O)C3O)C(O)C2O)C(O)C1O)C(O)/C=C/CC/C=C/CC/C=C/CCCCCCCCCCCCCCCCC. The third kappa shape index (κ3) is 30.8. The van der Waals surface area contributed by atoms with Crippen LogP contribution in [0.5, 0.6) is 0 Å². The molecule has 19 nitrogen and oxygen atoms in total. The van der Waals surface area contributed by atoms with Crippen LogP contribution in [0.1, 0.15) is 194 Å². The minimum atomic E-state index is -1.99. The number of aliphatic hydroxyl groups is 11. The Bertz CT molecular complexity index is 1880. The van der Waals surface area contributed by atoms with E-state index >= 15 is 0 Å². The zero-order valence-corrected chi connectivity index (χ0v) is 51.3. The minimum absolute atomic E-state index is 0.175. The number of amides is 1. The minimum Gasteiger partial charge on any atom is -0.394 e. The van der Waals surface area contributed by atoms with E-state index in [1.54, 1.807) is 6.08 Å². The Morgan fingerprint density at radius 1 is 0.435 bits per heavy atom. The first-order chi connectivity index (χ1) is 41.3. The van der Waals surface area contributed by atoms with Crippen molar-refractivity contribution in [2.45, 2.75) is 298 Å². The van der Waals surface area contributed by atoms with Crippen LogP contribution in [0.2, 0.25) is 0 Å². The molecule has 17 atom stereocenters. The lowest BCUT2D eigenvalue weighted by Crippen LogP contribution is -2.66. The van der Waals surface area contributed by atoms with Crippen molar-refractivity contribution in [1.29, 1.82) is 0 Å². The van der Waals surface area contributed by atoms with Gasteiger partial charge in [0, 0.05) is 6.42 Å². The number of rotatable bonds is 47. The number of hydrogen-bond acceptors (Lipinski definition) is 18. The molecule has 3 heterocycles. The summed E-state index contributed by atoms with van der Waals surface area (Å²) >= 11 is 0. The Labute approximate surface area is 508 Å². The summed E-state index contributed by atoms with van der Waals surface area (Å²) in [6.45, 7) is 1.54. The summed E-state index contributed by atoms with van der Waals surface area (Å²) in [6, 6.07) is -1.02. The molecule has 0 aromatic rings. The van der Waals surface area contributed by atoms with Gasteiger partial charge < -0.3 is 89.9 Å². The second kappa shape index (κ2) is 47.9. The summed E-state index contributed by atoms with van der Waals surface area (Å²) in [7, 11) is 0. The monoisotopic (exact) mass is 1210 g/mol. The maximum absolute atomic E-state index is 13.3. The third-order valence-corrected chi connectivity index (χ3v) is 15.7. The molecule has 0 bridgehead atoms. The zero-order chi connectivity index (χ0) is 61.9. The fourth-order valence-electron chi connectivity index (χ4n) is 10.4. The molecule has 0 aromatic carbocycles. The van der Waals surface area contributed by atoms with Crippen molar-refractivity contribution in [2.75, 3.05) is 26.4 Å². The summed E-state index contributed by atoms with van der Waals surface area (Å²) in [4.78, 5) is 13.3. The van der Waals surface area contributed by atoms with Crippen molar-refractivity contribution in [1.82, 2.24) is 5.32 Å². The van der Waals surface area contributed by atoms with Crippen LogP contribution in [0.25, 0.3) is 0 Å². The van der Waals surface area contributed by atoms with E-state index in [0.717, 1.165) is 64.2 Å². The van der Waals surface area contributed by atoms with Crippen LogP contribution in [-0.2, 0) is 33.2 Å². The van der Waals surface area contributed by atoms with E-state index in [1.165, 1.54) is 96.3 Å². The van der Waals surface area contributed by atoms with Crippen molar-refractivity contribution in [3.05, 3.63) is 85.1 Å². The molecule has 3 saturated heterocycles. The Morgan fingerprint density at radius 2 is 0.824 bits per heavy atom. The van der Waals surface area contributed by atoms with E-state index in [-0.39, 0.29) is 12.3 Å². The van der Waals surface area contributed by atoms with Crippen LogP contribution in [0.3, 0.4) is 0 Å². The number of aliphatic hydroxyl groups excluding tert-OH is 11. The lowest BCUT2D eigenvalue weighted by atomic mass is 9.96. The average Bonchev–Trinajstić information content (AvgIpc) is 3.49. The molecule has 0 aromatic heterocycles. The first-order valence-electron chi connectivity index (χ1n) is 32.3. The third-order valence-electron chi connectivity index (χ3n) is 15.7. The number of allylic oxidation sites excluding steroid dienone is 13. The molecular weight excluding hydrogens is 1090 g/mol. The highest BCUT2D eigenvalue weighted by Crippen LogP contribution is 2.33. The molecular formula is C66H113NO18.